The van der Waals surface area contributed by atoms with Gasteiger partial charge in [-0.1, -0.05) is 23.4 Å². The van der Waals surface area contributed by atoms with Crippen LogP contribution >= 0.6 is 11.6 Å². The first kappa shape index (κ1) is 14.1. The lowest BCUT2D eigenvalue weighted by Crippen LogP contribution is -2.02. The average Bonchev–Trinajstić information content (AvgIpc) is 2.31. The first-order valence-corrected chi connectivity index (χ1v) is 5.59. The molecule has 0 aliphatic carbocycles. The van der Waals surface area contributed by atoms with E-state index < -0.39 is 11.9 Å². The molecule has 94 valence electrons. The molecule has 0 saturated heterocycles. The molecular formula is C13H11ClO4. The molecule has 0 heterocycles. The van der Waals surface area contributed by atoms with Crippen LogP contribution in [0, 0.1) is 11.8 Å². The number of carbonyl (C=O) groups is 2. The molecule has 1 aromatic rings. The molecule has 0 unspecified atom stereocenters. The molecule has 1 N–H and O–H groups in total. The Balaban J connectivity index is 2.88. The third-order valence-electron chi connectivity index (χ3n) is 1.97. The standard InChI is InChI=1S/C13H11ClO4/c1-2-18-12(15)5-3-4-9-6-7-10(14)8-11(9)13(16)17/h6-8H,2,5H2,1H3,(H,16,17). The zero-order valence-electron chi connectivity index (χ0n) is 9.70. The molecule has 18 heavy (non-hydrogen) atoms. The summed E-state index contributed by atoms with van der Waals surface area (Å²) in [6, 6.07) is 4.37. The van der Waals surface area contributed by atoms with Crippen molar-refractivity contribution in [3.63, 3.8) is 0 Å². The van der Waals surface area contributed by atoms with Crippen LogP contribution in [0.25, 0.3) is 0 Å². The number of esters is 1. The predicted octanol–water partition coefficient (Wildman–Crippen LogP) is 2.34. The van der Waals surface area contributed by atoms with E-state index in [0.29, 0.717) is 17.2 Å². The second kappa shape index (κ2) is 6.67. The summed E-state index contributed by atoms with van der Waals surface area (Å²) in [5.41, 5.74) is 0.329. The number of benzene rings is 1. The minimum atomic E-state index is -1.11. The van der Waals surface area contributed by atoms with Gasteiger partial charge in [-0.3, -0.25) is 4.79 Å². The van der Waals surface area contributed by atoms with Crippen molar-refractivity contribution < 1.29 is 19.4 Å². The fraction of sp³-hybridized carbons (Fsp3) is 0.231. The molecule has 0 spiro atoms. The van der Waals surface area contributed by atoms with Gasteiger partial charge in [0.05, 0.1) is 12.2 Å². The molecule has 5 heteroatoms. The lowest BCUT2D eigenvalue weighted by Gasteiger charge is -1.99. The van der Waals surface area contributed by atoms with Crippen LogP contribution in [0.2, 0.25) is 5.02 Å². The van der Waals surface area contributed by atoms with Gasteiger partial charge in [0.2, 0.25) is 0 Å². The number of carboxylic acid groups (broad SMARTS) is 1. The van der Waals surface area contributed by atoms with Crippen LogP contribution in [0.1, 0.15) is 29.3 Å². The molecule has 0 saturated carbocycles. The van der Waals surface area contributed by atoms with E-state index in [4.69, 9.17) is 21.4 Å². The minimum absolute atomic E-state index is 0.0128. The number of rotatable bonds is 3. The smallest absolute Gasteiger partial charge is 0.337 e. The van der Waals surface area contributed by atoms with E-state index in [-0.39, 0.29) is 12.0 Å². The molecule has 1 rings (SSSR count). The van der Waals surface area contributed by atoms with Crippen molar-refractivity contribution in [2.45, 2.75) is 13.3 Å². The van der Waals surface area contributed by atoms with Crippen molar-refractivity contribution >= 4 is 23.5 Å². The van der Waals surface area contributed by atoms with Crippen LogP contribution < -0.4 is 0 Å². The fourth-order valence-corrected chi connectivity index (χ4v) is 1.40. The zero-order valence-corrected chi connectivity index (χ0v) is 10.5. The van der Waals surface area contributed by atoms with E-state index in [2.05, 4.69) is 11.8 Å². The number of carboxylic acids is 1. The highest BCUT2D eigenvalue weighted by Gasteiger charge is 2.08. The number of carbonyl (C=O) groups excluding carboxylic acids is 1. The highest BCUT2D eigenvalue weighted by atomic mass is 35.5. The maximum Gasteiger partial charge on any atom is 0.337 e. The molecule has 4 nitrogen and oxygen atoms in total. The van der Waals surface area contributed by atoms with Gasteiger partial charge in [0, 0.05) is 10.6 Å². The van der Waals surface area contributed by atoms with E-state index in [1.807, 2.05) is 0 Å². The Bertz CT molecular complexity index is 526. The molecule has 0 aromatic heterocycles. The summed E-state index contributed by atoms with van der Waals surface area (Å²) in [4.78, 5) is 22.0. The number of halogens is 1. The Hall–Kier alpha value is -1.99. The Morgan fingerprint density at radius 3 is 2.78 bits per heavy atom. The third kappa shape index (κ3) is 4.11. The van der Waals surface area contributed by atoms with E-state index in [1.165, 1.54) is 12.1 Å². The van der Waals surface area contributed by atoms with Crippen LogP contribution in [0.4, 0.5) is 0 Å². The monoisotopic (exact) mass is 266 g/mol. The first-order valence-electron chi connectivity index (χ1n) is 5.22. The van der Waals surface area contributed by atoms with Crippen molar-refractivity contribution in [1.82, 2.24) is 0 Å². The normalized spacial score (nSPS) is 9.22. The lowest BCUT2D eigenvalue weighted by atomic mass is 10.1. The van der Waals surface area contributed by atoms with Gasteiger partial charge in [-0.15, -0.1) is 0 Å². The topological polar surface area (TPSA) is 63.6 Å². The highest BCUT2D eigenvalue weighted by molar-refractivity contribution is 6.31. The molecule has 0 fully saturated rings. The van der Waals surface area contributed by atoms with E-state index in [1.54, 1.807) is 13.0 Å². The van der Waals surface area contributed by atoms with Gasteiger partial charge in [-0.05, 0) is 25.1 Å². The molecular weight excluding hydrogens is 256 g/mol. The summed E-state index contributed by atoms with van der Waals surface area (Å²) < 4.78 is 4.70. The van der Waals surface area contributed by atoms with Gasteiger partial charge < -0.3 is 9.84 Å². The SMILES string of the molecule is CCOC(=O)CC#Cc1ccc(Cl)cc1C(=O)O. The minimum Gasteiger partial charge on any atom is -0.478 e. The van der Waals surface area contributed by atoms with Gasteiger partial charge >= 0.3 is 11.9 Å². The maximum atomic E-state index is 11.0. The first-order chi connectivity index (χ1) is 8.54. The molecule has 0 aliphatic heterocycles. The van der Waals surface area contributed by atoms with Crippen LogP contribution in [0.15, 0.2) is 18.2 Å². The van der Waals surface area contributed by atoms with Crippen molar-refractivity contribution in [3.8, 4) is 11.8 Å². The number of hydrogen-bond acceptors (Lipinski definition) is 3. The van der Waals surface area contributed by atoms with Crippen molar-refractivity contribution in [2.75, 3.05) is 6.61 Å². The molecule has 0 bridgehead atoms. The van der Waals surface area contributed by atoms with Gasteiger partial charge in [-0.25, -0.2) is 4.79 Å². The van der Waals surface area contributed by atoms with Crippen LogP contribution in [-0.2, 0) is 9.53 Å². The zero-order chi connectivity index (χ0) is 13.5. The molecule has 0 amide bonds. The van der Waals surface area contributed by atoms with Crippen LogP contribution in [0.5, 0.6) is 0 Å². The average molecular weight is 267 g/mol. The number of hydrogen-bond donors (Lipinski definition) is 1. The summed E-state index contributed by atoms with van der Waals surface area (Å²) in [7, 11) is 0. The summed E-state index contributed by atoms with van der Waals surface area (Å²) in [5, 5.41) is 9.29. The predicted molar refractivity (Wildman–Crippen MR) is 66.5 cm³/mol. The maximum absolute atomic E-state index is 11.0. The summed E-state index contributed by atoms with van der Waals surface area (Å²) in [6.07, 6.45) is -0.0739. The third-order valence-corrected chi connectivity index (χ3v) is 2.21. The molecule has 0 aliphatic rings. The van der Waals surface area contributed by atoms with Gasteiger partial charge in [0.15, 0.2) is 0 Å². The second-order valence-electron chi connectivity index (χ2n) is 3.28. The van der Waals surface area contributed by atoms with Crippen molar-refractivity contribution in [2.24, 2.45) is 0 Å². The van der Waals surface area contributed by atoms with E-state index >= 15 is 0 Å². The Labute approximate surface area is 110 Å². The highest BCUT2D eigenvalue weighted by Crippen LogP contribution is 2.15. The Morgan fingerprint density at radius 1 is 1.44 bits per heavy atom. The Morgan fingerprint density at radius 2 is 2.17 bits per heavy atom. The summed E-state index contributed by atoms with van der Waals surface area (Å²) in [5.74, 6) is 3.64. The number of ether oxygens (including phenoxy) is 1. The summed E-state index contributed by atoms with van der Waals surface area (Å²) >= 11 is 5.70. The fourth-order valence-electron chi connectivity index (χ4n) is 1.23. The van der Waals surface area contributed by atoms with Gasteiger partial charge in [0.1, 0.15) is 6.42 Å². The quantitative estimate of drug-likeness (QED) is 0.674. The second-order valence-corrected chi connectivity index (χ2v) is 3.72. The van der Waals surface area contributed by atoms with Crippen LogP contribution in [-0.4, -0.2) is 23.7 Å². The van der Waals surface area contributed by atoms with Gasteiger partial charge in [-0.2, -0.15) is 0 Å². The van der Waals surface area contributed by atoms with Crippen molar-refractivity contribution in [1.29, 1.82) is 0 Å². The largest absolute Gasteiger partial charge is 0.478 e. The van der Waals surface area contributed by atoms with E-state index in [9.17, 15) is 9.59 Å². The van der Waals surface area contributed by atoms with Gasteiger partial charge in [0.25, 0.3) is 0 Å². The number of aromatic carboxylic acids is 1. The van der Waals surface area contributed by atoms with Crippen molar-refractivity contribution in [3.05, 3.63) is 34.3 Å². The van der Waals surface area contributed by atoms with Crippen LogP contribution in [0.3, 0.4) is 0 Å². The van der Waals surface area contributed by atoms with E-state index in [0.717, 1.165) is 0 Å². The Kier molecular flexibility index (Phi) is 5.22. The molecule has 1 aromatic carbocycles. The summed E-state index contributed by atoms with van der Waals surface area (Å²) in [6.45, 7) is 1.99. The molecule has 0 atom stereocenters. The molecule has 0 radical (unpaired) electrons. The lowest BCUT2D eigenvalue weighted by molar-refractivity contribution is -0.141.